The molecule has 1 aromatic heterocycles. The Kier molecular flexibility index (Phi) is 5.45. The van der Waals surface area contributed by atoms with Crippen LogP contribution in [0.25, 0.3) is 0 Å². The lowest BCUT2D eigenvalue weighted by molar-refractivity contribution is -0.147. The van der Waals surface area contributed by atoms with Gasteiger partial charge in [0.15, 0.2) is 5.78 Å². The van der Waals surface area contributed by atoms with E-state index in [4.69, 9.17) is 0 Å². The van der Waals surface area contributed by atoms with Crippen LogP contribution in [0, 0.1) is 0 Å². The summed E-state index contributed by atoms with van der Waals surface area (Å²) in [5.41, 5.74) is 0. The number of carbonyl (C=O) groups is 2. The predicted molar refractivity (Wildman–Crippen MR) is 65.8 cm³/mol. The zero-order valence-corrected chi connectivity index (χ0v) is 11.3. The van der Waals surface area contributed by atoms with Crippen LogP contribution >= 0.6 is 11.3 Å². The summed E-state index contributed by atoms with van der Waals surface area (Å²) in [4.78, 5) is 21.7. The summed E-state index contributed by atoms with van der Waals surface area (Å²) in [7, 11) is -3.55. The molecule has 0 aliphatic carbocycles. The quantitative estimate of drug-likeness (QED) is 0.741. The molecule has 0 atom stereocenters. The lowest BCUT2D eigenvalue weighted by Crippen LogP contribution is -2.26. The van der Waals surface area contributed by atoms with E-state index in [-0.39, 0.29) is 29.6 Å². The molecule has 1 rings (SSSR count). The third kappa shape index (κ3) is 4.94. The Morgan fingerprint density at radius 1 is 1.44 bits per heavy atom. The highest BCUT2D eigenvalue weighted by Gasteiger charge is 2.15. The van der Waals surface area contributed by atoms with Gasteiger partial charge in [-0.15, -0.1) is 11.3 Å². The van der Waals surface area contributed by atoms with Crippen molar-refractivity contribution in [3.8, 4) is 0 Å². The van der Waals surface area contributed by atoms with E-state index in [1.165, 1.54) is 13.0 Å². The van der Waals surface area contributed by atoms with Crippen molar-refractivity contribution in [1.29, 1.82) is 0 Å². The van der Waals surface area contributed by atoms with Crippen molar-refractivity contribution in [2.45, 2.75) is 17.6 Å². The predicted octanol–water partition coefficient (Wildman–Crippen LogP) is 0.549. The summed E-state index contributed by atoms with van der Waals surface area (Å²) in [5.74, 6) is -0.874. The molecule has 0 radical (unpaired) electrons. The lowest BCUT2D eigenvalue weighted by atomic mass is 10.4. The van der Waals surface area contributed by atoms with Crippen molar-refractivity contribution in [3.05, 3.63) is 17.5 Å². The average Bonchev–Trinajstić information content (AvgIpc) is 2.80. The topological polar surface area (TPSA) is 89.5 Å². The molecular formula is C10H13NO5S2. The summed E-state index contributed by atoms with van der Waals surface area (Å²) in [5, 5.41) is 1.65. The van der Waals surface area contributed by atoms with Gasteiger partial charge in [0, 0.05) is 6.54 Å². The van der Waals surface area contributed by atoms with Gasteiger partial charge in [0.2, 0.25) is 10.0 Å². The van der Waals surface area contributed by atoms with Gasteiger partial charge >= 0.3 is 5.97 Å². The second-order valence-corrected chi connectivity index (χ2v) is 6.38. The van der Waals surface area contributed by atoms with E-state index in [1.54, 1.807) is 11.4 Å². The van der Waals surface area contributed by atoms with Gasteiger partial charge in [0.25, 0.3) is 0 Å². The number of ether oxygens (including phenoxy) is 1. The van der Waals surface area contributed by atoms with Crippen molar-refractivity contribution in [1.82, 2.24) is 4.72 Å². The Bertz CT molecular complexity index is 506. The Morgan fingerprint density at radius 2 is 2.17 bits per heavy atom. The Balaban J connectivity index is 2.34. The first-order chi connectivity index (χ1) is 8.42. The molecule has 1 aromatic rings. The second-order valence-electron chi connectivity index (χ2n) is 3.44. The smallest absolute Gasteiger partial charge is 0.307 e. The van der Waals surface area contributed by atoms with E-state index in [0.29, 0.717) is 0 Å². The maximum absolute atomic E-state index is 11.6. The van der Waals surface area contributed by atoms with Crippen molar-refractivity contribution in [3.63, 3.8) is 0 Å². The SMILES string of the molecule is CC(=O)COC(=O)CCNS(=O)(=O)c1cccs1. The van der Waals surface area contributed by atoms with Crippen molar-refractivity contribution < 1.29 is 22.7 Å². The summed E-state index contributed by atoms with van der Waals surface area (Å²) >= 11 is 1.09. The number of nitrogens with one attached hydrogen (secondary N) is 1. The molecule has 0 amide bonds. The normalized spacial score (nSPS) is 11.2. The van der Waals surface area contributed by atoms with Gasteiger partial charge in [-0.2, -0.15) is 0 Å². The van der Waals surface area contributed by atoms with Crippen LogP contribution in [0.4, 0.5) is 0 Å². The van der Waals surface area contributed by atoms with Crippen LogP contribution in [-0.4, -0.2) is 33.3 Å². The minimum absolute atomic E-state index is 0.0586. The van der Waals surface area contributed by atoms with Crippen LogP contribution < -0.4 is 4.72 Å². The van der Waals surface area contributed by atoms with Gasteiger partial charge in [-0.05, 0) is 18.4 Å². The Hall–Kier alpha value is -1.25. The molecule has 0 fully saturated rings. The van der Waals surface area contributed by atoms with Gasteiger partial charge in [0.1, 0.15) is 10.8 Å². The number of sulfonamides is 1. The van der Waals surface area contributed by atoms with E-state index in [9.17, 15) is 18.0 Å². The molecule has 0 aliphatic heterocycles. The molecule has 100 valence electrons. The van der Waals surface area contributed by atoms with Gasteiger partial charge in [-0.1, -0.05) is 6.07 Å². The fourth-order valence-electron chi connectivity index (χ4n) is 1.03. The van der Waals surface area contributed by atoms with Crippen molar-refractivity contribution in [2.24, 2.45) is 0 Å². The van der Waals surface area contributed by atoms with Crippen LogP contribution in [0.1, 0.15) is 13.3 Å². The number of ketones is 1. The molecular weight excluding hydrogens is 278 g/mol. The maximum atomic E-state index is 11.6. The summed E-state index contributed by atoms with van der Waals surface area (Å²) in [6, 6.07) is 3.10. The average molecular weight is 291 g/mol. The monoisotopic (exact) mass is 291 g/mol. The highest BCUT2D eigenvalue weighted by molar-refractivity contribution is 7.91. The fourth-order valence-corrected chi connectivity index (χ4v) is 3.10. The molecule has 1 heterocycles. The molecule has 0 aliphatic rings. The van der Waals surface area contributed by atoms with E-state index in [1.807, 2.05) is 0 Å². The van der Waals surface area contributed by atoms with Gasteiger partial charge in [0.05, 0.1) is 6.42 Å². The first-order valence-corrected chi connectivity index (χ1v) is 7.46. The van der Waals surface area contributed by atoms with Gasteiger partial charge in [-0.3, -0.25) is 9.59 Å². The molecule has 0 aromatic carbocycles. The summed E-state index contributed by atoms with van der Waals surface area (Å²) in [6.45, 7) is 0.959. The number of hydrogen-bond acceptors (Lipinski definition) is 6. The van der Waals surface area contributed by atoms with Crippen LogP contribution in [0.5, 0.6) is 0 Å². The third-order valence-electron chi connectivity index (χ3n) is 1.82. The largest absolute Gasteiger partial charge is 0.458 e. The minimum Gasteiger partial charge on any atom is -0.458 e. The van der Waals surface area contributed by atoms with Gasteiger partial charge < -0.3 is 4.74 Å². The van der Waals surface area contributed by atoms with Crippen LogP contribution in [0.2, 0.25) is 0 Å². The molecule has 0 bridgehead atoms. The standard InChI is InChI=1S/C10H13NO5S2/c1-8(12)7-16-9(13)4-5-11-18(14,15)10-3-2-6-17-10/h2-3,6,11H,4-5,7H2,1H3. The van der Waals surface area contributed by atoms with E-state index in [0.717, 1.165) is 11.3 Å². The molecule has 18 heavy (non-hydrogen) atoms. The Morgan fingerprint density at radius 3 is 2.72 bits per heavy atom. The molecule has 1 N–H and O–H groups in total. The lowest BCUT2D eigenvalue weighted by Gasteiger charge is -2.04. The zero-order chi connectivity index (χ0) is 13.6. The molecule has 0 spiro atoms. The highest BCUT2D eigenvalue weighted by Crippen LogP contribution is 2.14. The van der Waals surface area contributed by atoms with Crippen molar-refractivity contribution >= 4 is 33.1 Å². The van der Waals surface area contributed by atoms with Crippen molar-refractivity contribution in [2.75, 3.05) is 13.2 Å². The fraction of sp³-hybridized carbons (Fsp3) is 0.400. The van der Waals surface area contributed by atoms with E-state index < -0.39 is 16.0 Å². The number of thiophene rings is 1. The number of Topliss-reactive ketones (excluding diaryl/α,β-unsaturated/α-hetero) is 1. The maximum Gasteiger partial charge on any atom is 0.307 e. The number of esters is 1. The van der Waals surface area contributed by atoms with Crippen LogP contribution in [0.15, 0.2) is 21.7 Å². The van der Waals surface area contributed by atoms with E-state index >= 15 is 0 Å². The summed E-state index contributed by atoms with van der Waals surface area (Å²) < 4.78 is 30.3. The zero-order valence-electron chi connectivity index (χ0n) is 9.71. The number of hydrogen-bond donors (Lipinski definition) is 1. The minimum atomic E-state index is -3.55. The van der Waals surface area contributed by atoms with Crippen LogP contribution in [-0.2, 0) is 24.3 Å². The molecule has 0 unspecified atom stereocenters. The number of rotatable bonds is 7. The van der Waals surface area contributed by atoms with Gasteiger partial charge in [-0.25, -0.2) is 13.1 Å². The van der Waals surface area contributed by atoms with E-state index in [2.05, 4.69) is 9.46 Å². The Labute approximate surface area is 109 Å². The second kappa shape index (κ2) is 6.62. The molecule has 6 nitrogen and oxygen atoms in total. The molecule has 0 saturated heterocycles. The summed E-state index contributed by atoms with van der Waals surface area (Å²) in [6.07, 6.45) is -0.113. The number of carbonyl (C=O) groups excluding carboxylic acids is 2. The molecule has 8 heteroatoms. The molecule has 0 saturated carbocycles. The third-order valence-corrected chi connectivity index (χ3v) is 4.68. The van der Waals surface area contributed by atoms with Crippen LogP contribution in [0.3, 0.4) is 0 Å². The highest BCUT2D eigenvalue weighted by atomic mass is 32.2. The first-order valence-electron chi connectivity index (χ1n) is 5.10. The first kappa shape index (κ1) is 14.8.